The summed E-state index contributed by atoms with van der Waals surface area (Å²) in [6, 6.07) is 8.64. The Balaban J connectivity index is 2.27. The zero-order valence-corrected chi connectivity index (χ0v) is 12.9. The van der Waals surface area contributed by atoms with E-state index >= 15 is 0 Å². The number of benzene rings is 1. The molecule has 1 aliphatic heterocycles. The molecule has 0 spiro atoms. The summed E-state index contributed by atoms with van der Waals surface area (Å²) in [6.07, 6.45) is 0.967. The van der Waals surface area contributed by atoms with Crippen LogP contribution in [0.15, 0.2) is 24.3 Å². The molecular formula is C16H27N3O. The second kappa shape index (κ2) is 7.07. The van der Waals surface area contributed by atoms with E-state index < -0.39 is 0 Å². The van der Waals surface area contributed by atoms with Crippen molar-refractivity contribution in [3.05, 3.63) is 29.8 Å². The predicted molar refractivity (Wildman–Crippen MR) is 83.1 cm³/mol. The maximum atomic E-state index is 6.43. The van der Waals surface area contributed by atoms with Crippen molar-refractivity contribution >= 4 is 0 Å². The third-order valence-corrected chi connectivity index (χ3v) is 4.27. The Morgan fingerprint density at radius 2 is 1.85 bits per heavy atom. The minimum absolute atomic E-state index is 0.134. The number of piperazine rings is 1. The highest BCUT2D eigenvalue weighted by molar-refractivity contribution is 5.37. The van der Waals surface area contributed by atoms with Gasteiger partial charge in [-0.25, -0.2) is 0 Å². The first-order chi connectivity index (χ1) is 9.67. The molecule has 1 aromatic rings. The van der Waals surface area contributed by atoms with Crippen LogP contribution in [0.3, 0.4) is 0 Å². The molecule has 1 aliphatic rings. The minimum atomic E-state index is 0.134. The van der Waals surface area contributed by atoms with Gasteiger partial charge in [0.1, 0.15) is 5.75 Å². The fourth-order valence-corrected chi connectivity index (χ4v) is 2.93. The van der Waals surface area contributed by atoms with Crippen LogP contribution in [0.5, 0.6) is 5.75 Å². The second-order valence-corrected chi connectivity index (χ2v) is 5.60. The van der Waals surface area contributed by atoms with Gasteiger partial charge in [-0.15, -0.1) is 0 Å². The molecule has 0 bridgehead atoms. The smallest absolute Gasteiger partial charge is 0.123 e. The molecule has 2 unspecified atom stereocenters. The van der Waals surface area contributed by atoms with Crippen molar-refractivity contribution in [2.45, 2.75) is 25.4 Å². The monoisotopic (exact) mass is 277 g/mol. The normalized spacial score (nSPS) is 20.6. The van der Waals surface area contributed by atoms with Gasteiger partial charge in [0.05, 0.1) is 13.2 Å². The van der Waals surface area contributed by atoms with Gasteiger partial charge in [-0.1, -0.05) is 25.1 Å². The average molecular weight is 277 g/mol. The summed E-state index contributed by atoms with van der Waals surface area (Å²) < 4.78 is 5.54. The summed E-state index contributed by atoms with van der Waals surface area (Å²) in [6.45, 7) is 6.48. The SMILES string of the molecule is CCC(N)C(c1ccccc1OC)N1CCN(C)CC1. The first-order valence-corrected chi connectivity index (χ1v) is 7.48. The molecule has 1 aromatic carbocycles. The van der Waals surface area contributed by atoms with Gasteiger partial charge in [0.15, 0.2) is 0 Å². The van der Waals surface area contributed by atoms with Gasteiger partial charge in [-0.3, -0.25) is 4.90 Å². The Morgan fingerprint density at radius 3 is 2.45 bits per heavy atom. The summed E-state index contributed by atoms with van der Waals surface area (Å²) in [5, 5.41) is 0. The van der Waals surface area contributed by atoms with Crippen molar-refractivity contribution in [2.24, 2.45) is 5.73 Å². The van der Waals surface area contributed by atoms with Crippen LogP contribution in [0.25, 0.3) is 0 Å². The molecule has 0 radical (unpaired) electrons. The predicted octanol–water partition coefficient (Wildman–Crippen LogP) is 1.72. The van der Waals surface area contributed by atoms with E-state index in [1.165, 1.54) is 5.56 Å². The number of para-hydroxylation sites is 1. The first-order valence-electron chi connectivity index (χ1n) is 7.48. The molecule has 2 rings (SSSR count). The minimum Gasteiger partial charge on any atom is -0.496 e. The number of nitrogens with two attached hydrogens (primary N) is 1. The topological polar surface area (TPSA) is 41.7 Å². The largest absolute Gasteiger partial charge is 0.496 e. The average Bonchev–Trinajstić information content (AvgIpc) is 2.49. The van der Waals surface area contributed by atoms with Crippen molar-refractivity contribution in [3.63, 3.8) is 0 Å². The highest BCUT2D eigenvalue weighted by Crippen LogP contribution is 2.32. The number of methoxy groups -OCH3 is 1. The number of nitrogens with zero attached hydrogens (tertiary/aromatic N) is 2. The highest BCUT2D eigenvalue weighted by Gasteiger charge is 2.29. The number of rotatable bonds is 5. The van der Waals surface area contributed by atoms with E-state index in [2.05, 4.69) is 35.9 Å². The summed E-state index contributed by atoms with van der Waals surface area (Å²) in [5.41, 5.74) is 7.64. The second-order valence-electron chi connectivity index (χ2n) is 5.60. The Labute approximate surface area is 122 Å². The Bertz CT molecular complexity index is 416. The van der Waals surface area contributed by atoms with Crippen molar-refractivity contribution in [3.8, 4) is 5.75 Å². The fraction of sp³-hybridized carbons (Fsp3) is 0.625. The zero-order valence-electron chi connectivity index (χ0n) is 12.9. The van der Waals surface area contributed by atoms with Crippen LogP contribution >= 0.6 is 0 Å². The van der Waals surface area contributed by atoms with E-state index in [0.29, 0.717) is 0 Å². The number of likely N-dealkylation sites (N-methyl/N-ethyl adjacent to an activating group) is 1. The Kier molecular flexibility index (Phi) is 5.40. The van der Waals surface area contributed by atoms with Crippen molar-refractivity contribution in [1.82, 2.24) is 9.80 Å². The van der Waals surface area contributed by atoms with Crippen molar-refractivity contribution in [2.75, 3.05) is 40.3 Å². The molecule has 4 nitrogen and oxygen atoms in total. The lowest BCUT2D eigenvalue weighted by Crippen LogP contribution is -2.50. The molecule has 1 heterocycles. The van der Waals surface area contributed by atoms with Crippen LogP contribution in [-0.4, -0.2) is 56.2 Å². The van der Waals surface area contributed by atoms with Crippen LogP contribution in [-0.2, 0) is 0 Å². The van der Waals surface area contributed by atoms with Gasteiger partial charge in [0, 0.05) is 37.8 Å². The van der Waals surface area contributed by atoms with Crippen LogP contribution in [0.2, 0.25) is 0 Å². The van der Waals surface area contributed by atoms with E-state index in [9.17, 15) is 0 Å². The maximum Gasteiger partial charge on any atom is 0.123 e. The molecule has 112 valence electrons. The van der Waals surface area contributed by atoms with Crippen molar-refractivity contribution in [1.29, 1.82) is 0 Å². The fourth-order valence-electron chi connectivity index (χ4n) is 2.93. The lowest BCUT2D eigenvalue weighted by molar-refractivity contribution is 0.0955. The van der Waals surface area contributed by atoms with Gasteiger partial charge in [0.2, 0.25) is 0 Å². The molecule has 0 amide bonds. The van der Waals surface area contributed by atoms with Gasteiger partial charge >= 0.3 is 0 Å². The lowest BCUT2D eigenvalue weighted by atomic mass is 9.95. The third kappa shape index (κ3) is 3.32. The van der Waals surface area contributed by atoms with Gasteiger partial charge in [-0.2, -0.15) is 0 Å². The number of hydrogen-bond donors (Lipinski definition) is 1. The van der Waals surface area contributed by atoms with Gasteiger partial charge in [-0.05, 0) is 19.5 Å². The molecule has 2 N–H and O–H groups in total. The van der Waals surface area contributed by atoms with Crippen LogP contribution in [0.1, 0.15) is 24.9 Å². The third-order valence-electron chi connectivity index (χ3n) is 4.27. The highest BCUT2D eigenvalue weighted by atomic mass is 16.5. The quantitative estimate of drug-likeness (QED) is 0.890. The van der Waals surface area contributed by atoms with Crippen LogP contribution < -0.4 is 10.5 Å². The first kappa shape index (κ1) is 15.3. The molecular weight excluding hydrogens is 250 g/mol. The van der Waals surface area contributed by atoms with Crippen LogP contribution in [0, 0.1) is 0 Å². The lowest BCUT2D eigenvalue weighted by Gasteiger charge is -2.40. The van der Waals surface area contributed by atoms with E-state index in [0.717, 1.165) is 38.3 Å². The Morgan fingerprint density at radius 1 is 1.20 bits per heavy atom. The number of hydrogen-bond acceptors (Lipinski definition) is 4. The summed E-state index contributed by atoms with van der Waals surface area (Å²) >= 11 is 0. The molecule has 0 aliphatic carbocycles. The Hall–Kier alpha value is -1.10. The standard InChI is InChI=1S/C16H27N3O/c1-4-14(17)16(19-11-9-18(2)10-12-19)13-7-5-6-8-15(13)20-3/h5-8,14,16H,4,9-12,17H2,1-3H3. The van der Waals surface area contributed by atoms with Crippen LogP contribution in [0.4, 0.5) is 0 Å². The molecule has 20 heavy (non-hydrogen) atoms. The zero-order chi connectivity index (χ0) is 14.5. The van der Waals surface area contributed by atoms with E-state index in [1.54, 1.807) is 7.11 Å². The van der Waals surface area contributed by atoms with Crippen molar-refractivity contribution < 1.29 is 4.74 Å². The number of ether oxygens (including phenoxy) is 1. The van der Waals surface area contributed by atoms with E-state index in [4.69, 9.17) is 10.5 Å². The molecule has 4 heteroatoms. The van der Waals surface area contributed by atoms with E-state index in [-0.39, 0.29) is 12.1 Å². The summed E-state index contributed by atoms with van der Waals surface area (Å²) in [5.74, 6) is 0.945. The van der Waals surface area contributed by atoms with Gasteiger partial charge < -0.3 is 15.4 Å². The molecule has 0 aromatic heterocycles. The maximum absolute atomic E-state index is 6.43. The molecule has 2 atom stereocenters. The van der Waals surface area contributed by atoms with Gasteiger partial charge in [0.25, 0.3) is 0 Å². The summed E-state index contributed by atoms with van der Waals surface area (Å²) in [4.78, 5) is 4.87. The van der Waals surface area contributed by atoms with E-state index in [1.807, 2.05) is 12.1 Å². The molecule has 0 saturated carbocycles. The molecule has 1 saturated heterocycles. The molecule has 1 fully saturated rings. The summed E-state index contributed by atoms with van der Waals surface area (Å²) in [7, 11) is 3.91.